The molecule has 0 unspecified atom stereocenters. The van der Waals surface area contributed by atoms with Gasteiger partial charge in [-0.2, -0.15) is 0 Å². The van der Waals surface area contributed by atoms with Crippen molar-refractivity contribution >= 4 is 0 Å². The van der Waals surface area contributed by atoms with E-state index in [-0.39, 0.29) is 5.60 Å². The first-order chi connectivity index (χ1) is 9.85. The van der Waals surface area contributed by atoms with Gasteiger partial charge >= 0.3 is 0 Å². The zero-order valence-corrected chi connectivity index (χ0v) is 14.9. The van der Waals surface area contributed by atoms with E-state index >= 15 is 0 Å². The Morgan fingerprint density at radius 3 is 2.24 bits per heavy atom. The van der Waals surface area contributed by atoms with Crippen LogP contribution in [-0.2, 0) is 4.74 Å². The fourth-order valence-corrected chi connectivity index (χ4v) is 4.16. The maximum Gasteiger partial charge on any atom is 0.0600 e. The third-order valence-electron chi connectivity index (χ3n) is 5.73. The van der Waals surface area contributed by atoms with E-state index in [2.05, 4.69) is 44.8 Å². The molecule has 0 radical (unpaired) electrons. The smallest absolute Gasteiger partial charge is 0.0600 e. The lowest BCUT2D eigenvalue weighted by Crippen LogP contribution is -2.69. The average molecular weight is 296 g/mol. The summed E-state index contributed by atoms with van der Waals surface area (Å²) in [6.45, 7) is 15.4. The fourth-order valence-electron chi connectivity index (χ4n) is 4.16. The molecule has 1 spiro atoms. The highest BCUT2D eigenvalue weighted by Gasteiger charge is 2.46. The Kier molecular flexibility index (Phi) is 5.38. The zero-order valence-electron chi connectivity index (χ0n) is 14.9. The number of nitrogens with one attached hydrogen (secondary N) is 1. The summed E-state index contributed by atoms with van der Waals surface area (Å²) < 4.78 is 6.00. The summed E-state index contributed by atoms with van der Waals surface area (Å²) in [6.07, 6.45) is 7.94. The van der Waals surface area contributed by atoms with Crippen molar-refractivity contribution in [1.82, 2.24) is 10.2 Å². The molecule has 1 aliphatic carbocycles. The van der Waals surface area contributed by atoms with Crippen molar-refractivity contribution in [3.8, 4) is 0 Å². The highest BCUT2D eigenvalue weighted by atomic mass is 16.5. The van der Waals surface area contributed by atoms with E-state index in [1.807, 2.05) is 0 Å². The van der Waals surface area contributed by atoms with Crippen LogP contribution in [0.25, 0.3) is 0 Å². The molecule has 0 aromatic carbocycles. The number of nitrogens with zero attached hydrogens (tertiary/aromatic N) is 1. The quantitative estimate of drug-likeness (QED) is 0.839. The molecule has 0 aromatic heterocycles. The third kappa shape index (κ3) is 4.00. The van der Waals surface area contributed by atoms with Gasteiger partial charge in [-0.05, 0) is 46.5 Å². The molecule has 1 aliphatic heterocycles. The van der Waals surface area contributed by atoms with Crippen LogP contribution in [0.4, 0.5) is 0 Å². The molecule has 21 heavy (non-hydrogen) atoms. The van der Waals surface area contributed by atoms with Gasteiger partial charge in [0.2, 0.25) is 0 Å². The predicted octanol–water partition coefficient (Wildman–Crippen LogP) is 3.58. The molecule has 1 heterocycles. The van der Waals surface area contributed by atoms with Crippen molar-refractivity contribution in [2.45, 2.75) is 89.8 Å². The molecule has 3 heteroatoms. The first-order valence-corrected chi connectivity index (χ1v) is 8.99. The SMILES string of the molecule is CCC1(CC)CNC2(CCCC2)CN1CCOC(C)(C)C. The summed E-state index contributed by atoms with van der Waals surface area (Å²) in [5, 5.41) is 3.94. The number of ether oxygens (including phenoxy) is 1. The molecular weight excluding hydrogens is 260 g/mol. The monoisotopic (exact) mass is 296 g/mol. The lowest BCUT2D eigenvalue weighted by Gasteiger charge is -2.54. The van der Waals surface area contributed by atoms with Crippen LogP contribution in [0, 0.1) is 0 Å². The van der Waals surface area contributed by atoms with Crippen molar-refractivity contribution < 1.29 is 4.74 Å². The number of piperazine rings is 1. The minimum Gasteiger partial charge on any atom is -0.375 e. The Morgan fingerprint density at radius 1 is 1.10 bits per heavy atom. The summed E-state index contributed by atoms with van der Waals surface area (Å²) in [7, 11) is 0. The van der Waals surface area contributed by atoms with Gasteiger partial charge in [0.15, 0.2) is 0 Å². The molecule has 3 nitrogen and oxygen atoms in total. The van der Waals surface area contributed by atoms with Gasteiger partial charge in [0.1, 0.15) is 0 Å². The van der Waals surface area contributed by atoms with E-state index in [4.69, 9.17) is 4.74 Å². The van der Waals surface area contributed by atoms with Crippen LogP contribution in [0.1, 0.15) is 73.1 Å². The highest BCUT2D eigenvalue weighted by molar-refractivity contribution is 5.06. The fraction of sp³-hybridized carbons (Fsp3) is 1.00. The number of hydrogen-bond donors (Lipinski definition) is 1. The third-order valence-corrected chi connectivity index (χ3v) is 5.73. The predicted molar refractivity (Wildman–Crippen MR) is 89.8 cm³/mol. The van der Waals surface area contributed by atoms with E-state index in [0.29, 0.717) is 11.1 Å². The summed E-state index contributed by atoms with van der Waals surface area (Å²) in [6, 6.07) is 0. The van der Waals surface area contributed by atoms with Crippen molar-refractivity contribution in [2.24, 2.45) is 0 Å². The lowest BCUT2D eigenvalue weighted by atomic mass is 9.82. The van der Waals surface area contributed by atoms with Crippen LogP contribution in [0.5, 0.6) is 0 Å². The molecule has 1 saturated carbocycles. The topological polar surface area (TPSA) is 24.5 Å². The van der Waals surface area contributed by atoms with Gasteiger partial charge in [-0.3, -0.25) is 4.90 Å². The first kappa shape index (κ1) is 17.2. The van der Waals surface area contributed by atoms with Crippen LogP contribution >= 0.6 is 0 Å². The highest BCUT2D eigenvalue weighted by Crippen LogP contribution is 2.38. The van der Waals surface area contributed by atoms with Gasteiger partial charge in [0.25, 0.3) is 0 Å². The standard InChI is InChI=1S/C18H36N2O/c1-6-18(7-2)14-19-17(10-8-9-11-17)15-20(18)12-13-21-16(3,4)5/h19H,6-15H2,1-5H3. The Morgan fingerprint density at radius 2 is 1.71 bits per heavy atom. The molecule has 2 fully saturated rings. The normalized spacial score (nSPS) is 25.6. The number of hydrogen-bond acceptors (Lipinski definition) is 3. The molecule has 0 aromatic rings. The van der Waals surface area contributed by atoms with Gasteiger partial charge in [0.05, 0.1) is 12.2 Å². The molecule has 1 N–H and O–H groups in total. The van der Waals surface area contributed by atoms with Crippen molar-refractivity contribution in [3.05, 3.63) is 0 Å². The average Bonchev–Trinajstić information content (AvgIpc) is 2.87. The van der Waals surface area contributed by atoms with Gasteiger partial charge in [-0.25, -0.2) is 0 Å². The molecule has 1 saturated heterocycles. The van der Waals surface area contributed by atoms with E-state index < -0.39 is 0 Å². The first-order valence-electron chi connectivity index (χ1n) is 8.99. The van der Waals surface area contributed by atoms with E-state index in [9.17, 15) is 0 Å². The molecule has 0 atom stereocenters. The Hall–Kier alpha value is -0.120. The Balaban J connectivity index is 2.02. The second-order valence-corrected chi connectivity index (χ2v) is 8.15. The Bertz CT molecular complexity index is 325. The second-order valence-electron chi connectivity index (χ2n) is 8.15. The molecular formula is C18H36N2O. The minimum absolute atomic E-state index is 0.0276. The molecule has 2 aliphatic rings. The van der Waals surface area contributed by atoms with Crippen molar-refractivity contribution in [3.63, 3.8) is 0 Å². The second kappa shape index (κ2) is 6.55. The summed E-state index contributed by atoms with van der Waals surface area (Å²) in [5.74, 6) is 0. The minimum atomic E-state index is -0.0276. The summed E-state index contributed by atoms with van der Waals surface area (Å²) >= 11 is 0. The lowest BCUT2D eigenvalue weighted by molar-refractivity contribution is -0.0526. The van der Waals surface area contributed by atoms with Crippen molar-refractivity contribution in [2.75, 3.05) is 26.2 Å². The molecule has 124 valence electrons. The molecule has 0 amide bonds. The van der Waals surface area contributed by atoms with Crippen LogP contribution in [-0.4, -0.2) is 47.8 Å². The largest absolute Gasteiger partial charge is 0.375 e. The summed E-state index contributed by atoms with van der Waals surface area (Å²) in [4.78, 5) is 2.75. The maximum atomic E-state index is 6.00. The van der Waals surface area contributed by atoms with Gasteiger partial charge in [0, 0.05) is 30.7 Å². The Labute approximate surface area is 131 Å². The van der Waals surface area contributed by atoms with Gasteiger partial charge in [-0.15, -0.1) is 0 Å². The molecule has 2 rings (SSSR count). The van der Waals surface area contributed by atoms with E-state index in [1.54, 1.807) is 0 Å². The van der Waals surface area contributed by atoms with Crippen molar-refractivity contribution in [1.29, 1.82) is 0 Å². The van der Waals surface area contributed by atoms with E-state index in [1.165, 1.54) is 45.1 Å². The number of rotatable bonds is 5. The van der Waals surface area contributed by atoms with Crippen LogP contribution in [0.15, 0.2) is 0 Å². The van der Waals surface area contributed by atoms with Crippen LogP contribution < -0.4 is 5.32 Å². The maximum absolute atomic E-state index is 6.00. The summed E-state index contributed by atoms with van der Waals surface area (Å²) in [5.41, 5.74) is 0.699. The molecule has 0 bridgehead atoms. The zero-order chi connectivity index (χ0) is 15.6. The van der Waals surface area contributed by atoms with Crippen LogP contribution in [0.3, 0.4) is 0 Å². The van der Waals surface area contributed by atoms with Gasteiger partial charge < -0.3 is 10.1 Å². The van der Waals surface area contributed by atoms with Gasteiger partial charge in [-0.1, -0.05) is 26.7 Å². The van der Waals surface area contributed by atoms with Crippen LogP contribution in [0.2, 0.25) is 0 Å². The van der Waals surface area contributed by atoms with E-state index in [0.717, 1.165) is 19.7 Å².